The Balaban J connectivity index is 2.23. The van der Waals surface area contributed by atoms with Crippen LogP contribution in [0, 0.1) is 17.2 Å². The van der Waals surface area contributed by atoms with Gasteiger partial charge in [-0.2, -0.15) is 5.26 Å². The molecule has 0 aromatic heterocycles. The fourth-order valence-electron chi connectivity index (χ4n) is 2.66. The molecule has 5 nitrogen and oxygen atoms in total. The molecule has 0 spiro atoms. The molecule has 0 fully saturated rings. The van der Waals surface area contributed by atoms with Gasteiger partial charge in [0.05, 0.1) is 12.0 Å². The number of carbonyl (C=O) groups is 2. The number of benzene rings is 2. The van der Waals surface area contributed by atoms with Crippen LogP contribution >= 0.6 is 0 Å². The summed E-state index contributed by atoms with van der Waals surface area (Å²) in [7, 11) is 1.71. The molecule has 0 aliphatic rings. The van der Waals surface area contributed by atoms with Crippen LogP contribution in [0.2, 0.25) is 0 Å². The van der Waals surface area contributed by atoms with Gasteiger partial charge in [0, 0.05) is 37.0 Å². The zero-order valence-corrected chi connectivity index (χ0v) is 15.3. The maximum absolute atomic E-state index is 12.7. The first-order valence-corrected chi connectivity index (χ1v) is 8.60. The van der Waals surface area contributed by atoms with E-state index < -0.39 is 0 Å². The van der Waals surface area contributed by atoms with Crippen LogP contribution in [0.1, 0.15) is 34.6 Å². The van der Waals surface area contributed by atoms with Crippen molar-refractivity contribution in [3.63, 3.8) is 0 Å². The number of para-hydroxylation sites is 1. The quantitative estimate of drug-likeness (QED) is 0.800. The number of nitriles is 1. The summed E-state index contributed by atoms with van der Waals surface area (Å²) in [5, 5.41) is 8.98. The molecule has 26 heavy (non-hydrogen) atoms. The Kier molecular flexibility index (Phi) is 6.51. The lowest BCUT2D eigenvalue weighted by atomic mass is 10.1. The third-order valence-electron chi connectivity index (χ3n) is 4.19. The van der Waals surface area contributed by atoms with Crippen LogP contribution in [-0.2, 0) is 0 Å². The van der Waals surface area contributed by atoms with Gasteiger partial charge >= 0.3 is 0 Å². The minimum absolute atomic E-state index is 0.174. The molecule has 2 aromatic carbocycles. The second-order valence-corrected chi connectivity index (χ2v) is 6.15. The molecule has 0 bridgehead atoms. The van der Waals surface area contributed by atoms with E-state index in [9.17, 15) is 9.59 Å². The highest BCUT2D eigenvalue weighted by atomic mass is 16.2. The van der Waals surface area contributed by atoms with E-state index in [0.29, 0.717) is 24.2 Å². The fraction of sp³-hybridized carbons (Fsp3) is 0.286. The topological polar surface area (TPSA) is 64.4 Å². The summed E-state index contributed by atoms with van der Waals surface area (Å²) in [5.41, 5.74) is 1.68. The molecule has 0 aliphatic heterocycles. The maximum Gasteiger partial charge on any atom is 0.258 e. The van der Waals surface area contributed by atoms with Crippen molar-refractivity contribution in [3.05, 3.63) is 65.7 Å². The van der Waals surface area contributed by atoms with E-state index in [1.165, 1.54) is 0 Å². The van der Waals surface area contributed by atoms with Gasteiger partial charge in [0.25, 0.3) is 11.8 Å². The molecule has 0 radical (unpaired) electrons. The van der Waals surface area contributed by atoms with E-state index in [0.717, 1.165) is 5.69 Å². The average Bonchev–Trinajstić information content (AvgIpc) is 2.70. The molecule has 0 heterocycles. The highest BCUT2D eigenvalue weighted by Crippen LogP contribution is 2.16. The number of anilines is 1. The van der Waals surface area contributed by atoms with Gasteiger partial charge in [0.1, 0.15) is 0 Å². The average molecular weight is 349 g/mol. The highest BCUT2D eigenvalue weighted by Gasteiger charge is 2.19. The Labute approximate surface area is 154 Å². The molecular weight excluding hydrogens is 326 g/mol. The fourth-order valence-corrected chi connectivity index (χ4v) is 2.66. The zero-order chi connectivity index (χ0) is 19.1. The summed E-state index contributed by atoms with van der Waals surface area (Å²) < 4.78 is 0. The van der Waals surface area contributed by atoms with Gasteiger partial charge < -0.3 is 9.80 Å². The molecule has 2 rings (SSSR count). The van der Waals surface area contributed by atoms with Gasteiger partial charge in [-0.25, -0.2) is 0 Å². The molecule has 0 N–H and O–H groups in total. The summed E-state index contributed by atoms with van der Waals surface area (Å²) in [6.45, 7) is 4.53. The van der Waals surface area contributed by atoms with Gasteiger partial charge in [0.15, 0.2) is 0 Å². The van der Waals surface area contributed by atoms with E-state index in [-0.39, 0.29) is 17.7 Å². The van der Waals surface area contributed by atoms with E-state index in [1.54, 1.807) is 48.0 Å². The summed E-state index contributed by atoms with van der Waals surface area (Å²) in [4.78, 5) is 28.7. The Hall–Kier alpha value is -3.13. The van der Waals surface area contributed by atoms with Crippen molar-refractivity contribution < 1.29 is 9.59 Å². The van der Waals surface area contributed by atoms with Gasteiger partial charge in [-0.3, -0.25) is 9.59 Å². The molecular formula is C21H23N3O2. The lowest BCUT2D eigenvalue weighted by Gasteiger charge is -2.22. The van der Waals surface area contributed by atoms with Crippen molar-refractivity contribution in [1.29, 1.82) is 5.26 Å². The van der Waals surface area contributed by atoms with Crippen LogP contribution in [0.25, 0.3) is 0 Å². The Morgan fingerprint density at radius 3 is 2.23 bits per heavy atom. The van der Waals surface area contributed by atoms with Gasteiger partial charge in [-0.1, -0.05) is 24.3 Å². The molecule has 0 saturated heterocycles. The number of hydrogen-bond donors (Lipinski definition) is 0. The van der Waals surface area contributed by atoms with Crippen LogP contribution in [0.5, 0.6) is 0 Å². The third-order valence-corrected chi connectivity index (χ3v) is 4.19. The van der Waals surface area contributed by atoms with Crippen LogP contribution in [-0.4, -0.2) is 36.9 Å². The predicted octanol–water partition coefficient (Wildman–Crippen LogP) is 3.58. The molecule has 0 aliphatic carbocycles. The van der Waals surface area contributed by atoms with Crippen molar-refractivity contribution in [1.82, 2.24) is 4.90 Å². The van der Waals surface area contributed by atoms with Gasteiger partial charge in [-0.15, -0.1) is 0 Å². The van der Waals surface area contributed by atoms with Gasteiger partial charge in [0.2, 0.25) is 0 Å². The molecule has 1 unspecified atom stereocenters. The molecule has 1 atom stereocenters. The smallest absolute Gasteiger partial charge is 0.258 e. The van der Waals surface area contributed by atoms with Crippen molar-refractivity contribution in [2.24, 2.45) is 5.92 Å². The Morgan fingerprint density at radius 2 is 1.65 bits per heavy atom. The minimum atomic E-state index is -0.243. The Morgan fingerprint density at radius 1 is 1.04 bits per heavy atom. The summed E-state index contributed by atoms with van der Waals surface area (Å²) in [5.74, 6) is -0.598. The first kappa shape index (κ1) is 19.2. The van der Waals surface area contributed by atoms with E-state index >= 15 is 0 Å². The van der Waals surface area contributed by atoms with E-state index in [4.69, 9.17) is 5.26 Å². The summed E-state index contributed by atoms with van der Waals surface area (Å²) in [6, 6.07) is 18.2. The lowest BCUT2D eigenvalue weighted by molar-refractivity contribution is 0.0752. The van der Waals surface area contributed by atoms with Gasteiger partial charge in [-0.05, 0) is 44.2 Å². The van der Waals surface area contributed by atoms with Crippen molar-refractivity contribution in [2.45, 2.75) is 13.8 Å². The lowest BCUT2D eigenvalue weighted by Crippen LogP contribution is -2.34. The third kappa shape index (κ3) is 4.48. The first-order chi connectivity index (χ1) is 12.5. The summed E-state index contributed by atoms with van der Waals surface area (Å²) in [6.07, 6.45) is 0. The second-order valence-electron chi connectivity index (χ2n) is 6.15. The summed E-state index contributed by atoms with van der Waals surface area (Å²) >= 11 is 0. The number of amides is 2. The molecule has 2 amide bonds. The molecule has 134 valence electrons. The molecule has 5 heteroatoms. The van der Waals surface area contributed by atoms with Crippen molar-refractivity contribution in [2.75, 3.05) is 25.0 Å². The number of carbonyl (C=O) groups excluding carboxylic acids is 2. The van der Waals surface area contributed by atoms with Crippen molar-refractivity contribution in [3.8, 4) is 6.07 Å². The van der Waals surface area contributed by atoms with Crippen LogP contribution in [0.3, 0.4) is 0 Å². The normalized spacial score (nSPS) is 11.3. The van der Waals surface area contributed by atoms with Crippen LogP contribution in [0.4, 0.5) is 5.69 Å². The predicted molar refractivity (Wildman–Crippen MR) is 102 cm³/mol. The minimum Gasteiger partial charge on any atom is -0.338 e. The SMILES string of the molecule is CCN(CC(C)C#N)C(=O)c1cccc(C(=O)N(C)c2ccccc2)c1. The second kappa shape index (κ2) is 8.82. The highest BCUT2D eigenvalue weighted by molar-refractivity contribution is 6.07. The Bertz CT molecular complexity index is 812. The number of nitrogens with zero attached hydrogens (tertiary/aromatic N) is 3. The van der Waals surface area contributed by atoms with Crippen molar-refractivity contribution >= 4 is 17.5 Å². The molecule has 2 aromatic rings. The first-order valence-electron chi connectivity index (χ1n) is 8.60. The standard InChI is InChI=1S/C21H23N3O2/c1-4-24(15-16(2)14-22)21(26)18-10-8-9-17(13-18)20(25)23(3)19-11-6-5-7-12-19/h5-13,16H,4,15H2,1-3H3. The van der Waals surface area contributed by atoms with Crippen LogP contribution in [0.15, 0.2) is 54.6 Å². The van der Waals surface area contributed by atoms with Crippen LogP contribution < -0.4 is 4.90 Å². The zero-order valence-electron chi connectivity index (χ0n) is 15.3. The maximum atomic E-state index is 12.7. The number of rotatable bonds is 6. The largest absolute Gasteiger partial charge is 0.338 e. The monoisotopic (exact) mass is 349 g/mol. The van der Waals surface area contributed by atoms with E-state index in [2.05, 4.69) is 6.07 Å². The molecule has 0 saturated carbocycles. The van der Waals surface area contributed by atoms with E-state index in [1.807, 2.05) is 37.3 Å². The number of hydrogen-bond acceptors (Lipinski definition) is 3.